The summed E-state index contributed by atoms with van der Waals surface area (Å²) >= 11 is 4.78. The van der Waals surface area contributed by atoms with Crippen molar-refractivity contribution in [2.24, 2.45) is 5.73 Å². The number of urea groups is 1. The monoisotopic (exact) mass is 246 g/mol. The highest BCUT2D eigenvalue weighted by Gasteiger charge is 2.21. The largest absolute Gasteiger partial charge is 0.392 e. The molecule has 0 bridgehead atoms. The molecule has 1 unspecified atom stereocenters. The molecular weight excluding hydrogens is 228 g/mol. The van der Waals surface area contributed by atoms with Crippen LogP contribution in [0.5, 0.6) is 0 Å². The second kappa shape index (κ2) is 7.13. The van der Waals surface area contributed by atoms with Crippen molar-refractivity contribution in [1.82, 2.24) is 15.5 Å². The average Bonchev–Trinajstić information content (AvgIpc) is 2.24. The molecule has 0 fully saturated rings. The number of imide groups is 1. The molecule has 6 nitrogen and oxygen atoms in total. The molecule has 0 saturated carbocycles. The number of nitrogens with two attached hydrogens (primary N) is 1. The zero-order valence-electron chi connectivity index (χ0n) is 9.74. The molecule has 0 saturated heterocycles. The van der Waals surface area contributed by atoms with E-state index in [9.17, 15) is 9.59 Å². The van der Waals surface area contributed by atoms with E-state index in [2.05, 4.69) is 10.6 Å². The topological polar surface area (TPSA) is 87.5 Å². The highest BCUT2D eigenvalue weighted by Crippen LogP contribution is 1.98. The molecule has 7 heteroatoms. The van der Waals surface area contributed by atoms with Crippen molar-refractivity contribution in [3.63, 3.8) is 0 Å². The van der Waals surface area contributed by atoms with Crippen molar-refractivity contribution in [2.45, 2.75) is 19.9 Å². The van der Waals surface area contributed by atoms with Gasteiger partial charge in [-0.15, -0.1) is 0 Å². The number of rotatable bonds is 5. The van der Waals surface area contributed by atoms with Crippen molar-refractivity contribution in [1.29, 1.82) is 0 Å². The van der Waals surface area contributed by atoms with Gasteiger partial charge in [0.15, 0.2) is 0 Å². The molecule has 92 valence electrons. The fourth-order valence-electron chi connectivity index (χ4n) is 1.17. The van der Waals surface area contributed by atoms with Crippen LogP contribution in [0.15, 0.2) is 0 Å². The average molecular weight is 246 g/mol. The summed E-state index contributed by atoms with van der Waals surface area (Å²) in [5, 5.41) is 4.51. The first-order chi connectivity index (χ1) is 7.42. The van der Waals surface area contributed by atoms with Crippen LogP contribution in [0.1, 0.15) is 13.8 Å². The number of amides is 3. The Bertz CT molecular complexity index is 283. The maximum atomic E-state index is 11.6. The molecule has 0 rings (SSSR count). The molecule has 0 aromatic rings. The van der Waals surface area contributed by atoms with Crippen LogP contribution in [0, 0.1) is 0 Å². The molecule has 0 aliphatic heterocycles. The first-order valence-corrected chi connectivity index (χ1v) is 5.38. The molecule has 0 aliphatic carbocycles. The predicted octanol–water partition coefficient (Wildman–Crippen LogP) is -0.561. The highest BCUT2D eigenvalue weighted by molar-refractivity contribution is 7.80. The van der Waals surface area contributed by atoms with Crippen LogP contribution in [-0.4, -0.2) is 48.0 Å². The molecule has 0 spiro atoms. The minimum absolute atomic E-state index is 0.321. The standard InChI is InChI=1S/C9H18N4O2S/c1-4-13(5-7(10)16)6(2)8(14)12-9(15)11-3/h6H,4-5H2,1-3H3,(H2,10,16)(H2,11,12,14,15). The Balaban J connectivity index is 4.37. The molecule has 0 heterocycles. The van der Waals surface area contributed by atoms with Crippen LogP contribution in [0.3, 0.4) is 0 Å². The van der Waals surface area contributed by atoms with Gasteiger partial charge in [0.05, 0.1) is 11.0 Å². The normalized spacial score (nSPS) is 12.0. The van der Waals surface area contributed by atoms with E-state index in [0.717, 1.165) is 0 Å². The first-order valence-electron chi connectivity index (χ1n) is 4.97. The van der Waals surface area contributed by atoms with E-state index >= 15 is 0 Å². The Hall–Kier alpha value is -1.21. The number of likely N-dealkylation sites (N-methyl/N-ethyl adjacent to an activating group) is 1. The lowest BCUT2D eigenvalue weighted by molar-refractivity contribution is -0.124. The number of carbonyl (C=O) groups is 2. The fourth-order valence-corrected chi connectivity index (χ4v) is 1.33. The summed E-state index contributed by atoms with van der Waals surface area (Å²) in [4.78, 5) is 24.6. The second-order valence-corrected chi connectivity index (χ2v) is 3.80. The maximum absolute atomic E-state index is 11.6. The zero-order chi connectivity index (χ0) is 12.7. The smallest absolute Gasteiger partial charge is 0.321 e. The lowest BCUT2D eigenvalue weighted by atomic mass is 10.2. The van der Waals surface area contributed by atoms with Crippen molar-refractivity contribution < 1.29 is 9.59 Å². The third-order valence-electron chi connectivity index (χ3n) is 2.16. The molecular formula is C9H18N4O2S. The fraction of sp³-hybridized carbons (Fsp3) is 0.667. The molecule has 16 heavy (non-hydrogen) atoms. The van der Waals surface area contributed by atoms with Gasteiger partial charge in [-0.25, -0.2) is 4.79 Å². The number of hydrogen-bond donors (Lipinski definition) is 3. The summed E-state index contributed by atoms with van der Waals surface area (Å²) < 4.78 is 0. The molecule has 0 aromatic heterocycles. The van der Waals surface area contributed by atoms with Crippen molar-refractivity contribution in [2.75, 3.05) is 20.1 Å². The molecule has 0 radical (unpaired) electrons. The number of hydrogen-bond acceptors (Lipinski definition) is 4. The van der Waals surface area contributed by atoms with Gasteiger partial charge in [-0.1, -0.05) is 19.1 Å². The van der Waals surface area contributed by atoms with Gasteiger partial charge in [-0.3, -0.25) is 15.0 Å². The summed E-state index contributed by atoms with van der Waals surface area (Å²) in [7, 11) is 1.44. The van der Waals surface area contributed by atoms with E-state index in [0.29, 0.717) is 18.1 Å². The van der Waals surface area contributed by atoms with Crippen LogP contribution in [0.4, 0.5) is 4.79 Å². The molecule has 1 atom stereocenters. The molecule has 3 amide bonds. The van der Waals surface area contributed by atoms with E-state index in [1.807, 2.05) is 6.92 Å². The summed E-state index contributed by atoms with van der Waals surface area (Å²) in [5.41, 5.74) is 5.41. The minimum Gasteiger partial charge on any atom is -0.392 e. The number of thiocarbonyl (C=S) groups is 1. The summed E-state index contributed by atoms with van der Waals surface area (Å²) in [6.07, 6.45) is 0. The lowest BCUT2D eigenvalue weighted by Crippen LogP contribution is -2.50. The van der Waals surface area contributed by atoms with Gasteiger partial charge in [-0.2, -0.15) is 0 Å². The van der Waals surface area contributed by atoms with Crippen LogP contribution in [-0.2, 0) is 4.79 Å². The third-order valence-corrected chi connectivity index (χ3v) is 2.29. The van der Waals surface area contributed by atoms with Gasteiger partial charge in [0, 0.05) is 13.6 Å². The quantitative estimate of drug-likeness (QED) is 0.566. The van der Waals surface area contributed by atoms with Gasteiger partial charge in [0.25, 0.3) is 0 Å². The van der Waals surface area contributed by atoms with Crippen LogP contribution in [0.25, 0.3) is 0 Å². The Morgan fingerprint density at radius 3 is 2.44 bits per heavy atom. The second-order valence-electron chi connectivity index (χ2n) is 3.27. The van der Waals surface area contributed by atoms with E-state index in [1.54, 1.807) is 11.8 Å². The number of nitrogens with one attached hydrogen (secondary N) is 2. The van der Waals surface area contributed by atoms with Crippen LogP contribution in [0.2, 0.25) is 0 Å². The van der Waals surface area contributed by atoms with E-state index in [1.165, 1.54) is 7.05 Å². The SMILES string of the molecule is CCN(CC(N)=S)C(C)C(=O)NC(=O)NC. The number of carbonyl (C=O) groups excluding carboxylic acids is 2. The van der Waals surface area contributed by atoms with Gasteiger partial charge in [0.2, 0.25) is 5.91 Å². The molecule has 0 aliphatic rings. The van der Waals surface area contributed by atoms with E-state index < -0.39 is 12.1 Å². The van der Waals surface area contributed by atoms with Crippen molar-refractivity contribution in [3.8, 4) is 0 Å². The van der Waals surface area contributed by atoms with E-state index in [4.69, 9.17) is 18.0 Å². The maximum Gasteiger partial charge on any atom is 0.321 e. The van der Waals surface area contributed by atoms with Crippen molar-refractivity contribution in [3.05, 3.63) is 0 Å². The van der Waals surface area contributed by atoms with Crippen LogP contribution < -0.4 is 16.4 Å². The first kappa shape index (κ1) is 14.8. The van der Waals surface area contributed by atoms with Gasteiger partial charge >= 0.3 is 6.03 Å². The molecule has 0 aromatic carbocycles. The highest BCUT2D eigenvalue weighted by atomic mass is 32.1. The Labute approximate surface area is 101 Å². The molecule has 4 N–H and O–H groups in total. The minimum atomic E-state index is -0.525. The Morgan fingerprint density at radius 2 is 2.06 bits per heavy atom. The van der Waals surface area contributed by atoms with Gasteiger partial charge in [-0.05, 0) is 13.5 Å². The number of nitrogens with zero attached hydrogens (tertiary/aromatic N) is 1. The van der Waals surface area contributed by atoms with Gasteiger partial charge in [0.1, 0.15) is 0 Å². The summed E-state index contributed by atoms with van der Waals surface area (Å²) in [5.74, 6) is -0.377. The zero-order valence-corrected chi connectivity index (χ0v) is 10.6. The Kier molecular flexibility index (Phi) is 6.59. The Morgan fingerprint density at radius 1 is 1.50 bits per heavy atom. The van der Waals surface area contributed by atoms with E-state index in [-0.39, 0.29) is 5.91 Å². The van der Waals surface area contributed by atoms with Crippen LogP contribution >= 0.6 is 12.2 Å². The van der Waals surface area contributed by atoms with Gasteiger partial charge < -0.3 is 11.1 Å². The predicted molar refractivity (Wildman–Crippen MR) is 66.1 cm³/mol. The summed E-state index contributed by atoms with van der Waals surface area (Å²) in [6.45, 7) is 4.57. The summed E-state index contributed by atoms with van der Waals surface area (Å²) in [6, 6.07) is -0.980. The third kappa shape index (κ3) is 5.04. The van der Waals surface area contributed by atoms with Crippen molar-refractivity contribution >= 4 is 29.1 Å². The lowest BCUT2D eigenvalue weighted by Gasteiger charge is -2.25.